The van der Waals surface area contributed by atoms with Crippen molar-refractivity contribution >= 4 is 40.9 Å². The van der Waals surface area contributed by atoms with Crippen LogP contribution in [0.15, 0.2) is 29.3 Å². The van der Waals surface area contributed by atoms with E-state index in [9.17, 15) is 20.0 Å². The van der Waals surface area contributed by atoms with E-state index >= 15 is 0 Å². The van der Waals surface area contributed by atoms with Crippen molar-refractivity contribution in [2.24, 2.45) is 11.3 Å². The molecule has 1 amide bonds. The van der Waals surface area contributed by atoms with Gasteiger partial charge in [-0.05, 0) is 66.8 Å². The summed E-state index contributed by atoms with van der Waals surface area (Å²) in [5.74, 6) is -0.901. The summed E-state index contributed by atoms with van der Waals surface area (Å²) in [4.78, 5) is 29.0. The number of nitriles is 1. The second kappa shape index (κ2) is 10.1. The lowest BCUT2D eigenvalue weighted by molar-refractivity contribution is -0.115. The number of rotatable bonds is 6. The minimum atomic E-state index is -1.16. The number of fused-ring (bicyclic) bond motifs is 1. The monoisotopic (exact) mass is 485 g/mol. The Bertz CT molecular complexity index is 1120. The van der Waals surface area contributed by atoms with E-state index < -0.39 is 11.2 Å². The van der Waals surface area contributed by atoms with Crippen molar-refractivity contribution in [3.63, 3.8) is 0 Å². The van der Waals surface area contributed by atoms with Gasteiger partial charge in [-0.3, -0.25) is 4.79 Å². The summed E-state index contributed by atoms with van der Waals surface area (Å²) in [5, 5.41) is 21.9. The van der Waals surface area contributed by atoms with Crippen LogP contribution in [0.5, 0.6) is 0 Å². The molecule has 0 saturated heterocycles. The summed E-state index contributed by atoms with van der Waals surface area (Å²) in [5.41, 5.74) is 3.10. The molecule has 0 fully saturated rings. The van der Waals surface area contributed by atoms with Crippen molar-refractivity contribution in [3.05, 3.63) is 51.7 Å². The molecule has 1 aromatic carbocycles. The number of hydrogen-bond acceptors (Lipinski definition) is 5. The molecular formula is C25H28ClN3O3S. The maximum absolute atomic E-state index is 12.9. The van der Waals surface area contributed by atoms with E-state index in [1.807, 2.05) is 13.0 Å². The molecule has 8 heteroatoms. The largest absolute Gasteiger partial charge is 0.478 e. The molecule has 2 unspecified atom stereocenters. The molecule has 0 saturated carbocycles. The highest BCUT2D eigenvalue weighted by molar-refractivity contribution is 8.00. The number of anilines is 1. The summed E-state index contributed by atoms with van der Waals surface area (Å²) in [6, 6.07) is 8.53. The molecule has 0 bridgehead atoms. The third kappa shape index (κ3) is 5.87. The Morgan fingerprint density at radius 1 is 1.36 bits per heavy atom. The van der Waals surface area contributed by atoms with Crippen molar-refractivity contribution in [1.82, 2.24) is 4.98 Å². The van der Waals surface area contributed by atoms with E-state index in [2.05, 4.69) is 32.2 Å². The number of carboxylic acid groups (broad SMARTS) is 1. The maximum atomic E-state index is 12.9. The molecular weight excluding hydrogens is 458 g/mol. The summed E-state index contributed by atoms with van der Waals surface area (Å²) in [6.45, 7) is 8.63. The number of pyridine rings is 1. The number of nitrogens with zero attached hydrogens (tertiary/aromatic N) is 2. The number of carboxylic acids is 1. The van der Waals surface area contributed by atoms with Crippen LogP contribution in [0, 0.1) is 22.7 Å². The van der Waals surface area contributed by atoms with Gasteiger partial charge in [-0.25, -0.2) is 9.78 Å². The average molecular weight is 486 g/mol. The van der Waals surface area contributed by atoms with Gasteiger partial charge in [0.15, 0.2) is 0 Å². The number of carbonyl (C=O) groups excluding carboxylic acids is 1. The zero-order valence-corrected chi connectivity index (χ0v) is 20.8. The van der Waals surface area contributed by atoms with E-state index in [0.717, 1.165) is 30.5 Å². The topological polar surface area (TPSA) is 103 Å². The van der Waals surface area contributed by atoms with Crippen molar-refractivity contribution in [2.45, 2.75) is 63.7 Å². The Morgan fingerprint density at radius 3 is 2.70 bits per heavy atom. The first-order chi connectivity index (χ1) is 15.5. The van der Waals surface area contributed by atoms with Gasteiger partial charge >= 0.3 is 5.97 Å². The standard InChI is InChI=1S/C25H28ClN3O3S/c1-5-21(22(30)28-17-7-8-19(26)18(12-17)24(31)32)33-23-15(13-27)10-14-11-16(25(2,3)4)6-9-20(14)29-23/h7-8,10,12,16,21H,5-6,9,11H2,1-4H3,(H,28,30)(H,31,32). The van der Waals surface area contributed by atoms with Crippen LogP contribution in [0.25, 0.3) is 0 Å². The first-order valence-electron chi connectivity index (χ1n) is 11.0. The fraction of sp³-hybridized carbons (Fsp3) is 0.440. The number of nitrogens with one attached hydrogen (secondary N) is 1. The molecule has 1 aliphatic carbocycles. The quantitative estimate of drug-likeness (QED) is 0.489. The number of halogens is 1. The molecule has 6 nitrogen and oxygen atoms in total. The highest BCUT2D eigenvalue weighted by atomic mass is 35.5. The summed E-state index contributed by atoms with van der Waals surface area (Å²) in [7, 11) is 0. The van der Waals surface area contributed by atoms with Crippen LogP contribution in [0.2, 0.25) is 5.02 Å². The number of thioether (sulfide) groups is 1. The molecule has 1 heterocycles. The van der Waals surface area contributed by atoms with Gasteiger partial charge in [0, 0.05) is 11.4 Å². The number of amides is 1. The van der Waals surface area contributed by atoms with E-state index in [-0.39, 0.29) is 21.9 Å². The van der Waals surface area contributed by atoms with Crippen LogP contribution < -0.4 is 5.32 Å². The molecule has 0 aliphatic heterocycles. The lowest BCUT2D eigenvalue weighted by Gasteiger charge is -2.34. The van der Waals surface area contributed by atoms with Gasteiger partial charge in [-0.2, -0.15) is 5.26 Å². The Morgan fingerprint density at radius 2 is 2.09 bits per heavy atom. The SMILES string of the molecule is CCC(Sc1nc2c(cc1C#N)CC(C(C)(C)C)CC2)C(=O)Nc1ccc(Cl)c(C(=O)O)c1. The number of aromatic carboxylic acids is 1. The molecule has 0 radical (unpaired) electrons. The lowest BCUT2D eigenvalue weighted by atomic mass is 9.71. The predicted octanol–water partition coefficient (Wildman–Crippen LogP) is 5.97. The highest BCUT2D eigenvalue weighted by Gasteiger charge is 2.30. The molecule has 1 aliphatic rings. The Labute approximate surface area is 203 Å². The number of hydrogen-bond donors (Lipinski definition) is 2. The van der Waals surface area contributed by atoms with Crippen LogP contribution in [-0.4, -0.2) is 27.2 Å². The normalized spacial score (nSPS) is 16.4. The van der Waals surface area contributed by atoms with Gasteiger partial charge in [0.2, 0.25) is 5.91 Å². The summed E-state index contributed by atoms with van der Waals surface area (Å²) >= 11 is 7.19. The minimum absolute atomic E-state index is 0.0770. The average Bonchev–Trinajstić information content (AvgIpc) is 2.76. The van der Waals surface area contributed by atoms with Crippen molar-refractivity contribution in [1.29, 1.82) is 5.26 Å². The number of carbonyl (C=O) groups is 2. The van der Waals surface area contributed by atoms with Gasteiger partial charge < -0.3 is 10.4 Å². The summed E-state index contributed by atoms with van der Waals surface area (Å²) < 4.78 is 0. The van der Waals surface area contributed by atoms with Crippen molar-refractivity contribution in [3.8, 4) is 6.07 Å². The van der Waals surface area contributed by atoms with E-state index in [1.165, 1.54) is 23.9 Å². The maximum Gasteiger partial charge on any atom is 0.337 e. The van der Waals surface area contributed by atoms with Crippen LogP contribution >= 0.6 is 23.4 Å². The first-order valence-corrected chi connectivity index (χ1v) is 12.2. The Kier molecular flexibility index (Phi) is 7.71. The van der Waals surface area contributed by atoms with Gasteiger partial charge in [0.1, 0.15) is 11.1 Å². The fourth-order valence-corrected chi connectivity index (χ4v) is 5.20. The first kappa shape index (κ1) is 25.1. The molecule has 33 heavy (non-hydrogen) atoms. The molecule has 3 rings (SSSR count). The zero-order valence-electron chi connectivity index (χ0n) is 19.2. The molecule has 1 aromatic heterocycles. The lowest BCUT2D eigenvalue weighted by Crippen LogP contribution is -2.28. The number of benzene rings is 1. The van der Waals surface area contributed by atoms with Crippen LogP contribution in [0.4, 0.5) is 5.69 Å². The molecule has 2 atom stereocenters. The van der Waals surface area contributed by atoms with Gasteiger partial charge in [-0.15, -0.1) is 0 Å². The molecule has 0 spiro atoms. The van der Waals surface area contributed by atoms with Crippen LogP contribution in [0.3, 0.4) is 0 Å². The predicted molar refractivity (Wildman–Crippen MR) is 131 cm³/mol. The zero-order chi connectivity index (χ0) is 24.3. The van der Waals surface area contributed by atoms with Crippen molar-refractivity contribution < 1.29 is 14.7 Å². The van der Waals surface area contributed by atoms with Gasteiger partial charge in [-0.1, -0.05) is 51.1 Å². The Balaban J connectivity index is 1.80. The van der Waals surface area contributed by atoms with Gasteiger partial charge in [0.25, 0.3) is 0 Å². The fourth-order valence-electron chi connectivity index (χ4n) is 4.00. The second-order valence-electron chi connectivity index (χ2n) is 9.37. The minimum Gasteiger partial charge on any atom is -0.478 e. The molecule has 2 N–H and O–H groups in total. The third-order valence-corrected chi connectivity index (χ3v) is 7.77. The van der Waals surface area contributed by atoms with Crippen LogP contribution in [-0.2, 0) is 17.6 Å². The molecule has 2 aromatic rings. The smallest absolute Gasteiger partial charge is 0.337 e. The molecule has 174 valence electrons. The Hall–Kier alpha value is -2.56. The second-order valence-corrected chi connectivity index (χ2v) is 11.0. The van der Waals surface area contributed by atoms with E-state index in [4.69, 9.17) is 16.6 Å². The third-order valence-electron chi connectivity index (χ3n) is 6.08. The van der Waals surface area contributed by atoms with Gasteiger partial charge in [0.05, 0.1) is 21.4 Å². The summed E-state index contributed by atoms with van der Waals surface area (Å²) in [6.07, 6.45) is 3.35. The van der Waals surface area contributed by atoms with E-state index in [1.54, 1.807) is 6.07 Å². The van der Waals surface area contributed by atoms with Crippen LogP contribution in [0.1, 0.15) is 67.7 Å². The highest BCUT2D eigenvalue weighted by Crippen LogP contribution is 2.38. The van der Waals surface area contributed by atoms with E-state index in [0.29, 0.717) is 28.6 Å². The number of aryl methyl sites for hydroxylation is 1. The van der Waals surface area contributed by atoms with Crippen molar-refractivity contribution in [2.75, 3.05) is 5.32 Å². The number of aromatic nitrogens is 1.